The van der Waals surface area contributed by atoms with E-state index in [1.165, 1.54) is 0 Å². The second-order valence-electron chi connectivity index (χ2n) is 4.08. The van der Waals surface area contributed by atoms with Gasteiger partial charge in [-0.1, -0.05) is 18.2 Å². The number of ether oxygens (including phenoxy) is 1. The summed E-state index contributed by atoms with van der Waals surface area (Å²) in [4.78, 5) is 21.4. The number of rotatable bonds is 8. The third-order valence-corrected chi connectivity index (χ3v) is 2.67. The van der Waals surface area contributed by atoms with Crippen LogP contribution in [0.2, 0.25) is 0 Å². The van der Waals surface area contributed by atoms with Crippen LogP contribution in [0.15, 0.2) is 24.3 Å². The summed E-state index contributed by atoms with van der Waals surface area (Å²) < 4.78 is 5.16. The molecule has 0 bridgehead atoms. The van der Waals surface area contributed by atoms with Gasteiger partial charge in [-0.15, -0.1) is 0 Å². The number of para-hydroxylation sites is 1. The van der Waals surface area contributed by atoms with Crippen molar-refractivity contribution < 1.29 is 24.5 Å². The third-order valence-electron chi connectivity index (χ3n) is 2.67. The Hall–Kier alpha value is -2.08. The molecule has 0 aliphatic heterocycles. The topological polar surface area (TPSA) is 95.9 Å². The van der Waals surface area contributed by atoms with Crippen LogP contribution in [0.3, 0.4) is 0 Å². The Kier molecular flexibility index (Phi) is 5.81. The van der Waals surface area contributed by atoms with Gasteiger partial charge >= 0.3 is 11.9 Å². The van der Waals surface area contributed by atoms with Crippen LogP contribution in [0, 0.1) is 5.92 Å². The van der Waals surface area contributed by atoms with Crippen LogP contribution in [0.25, 0.3) is 0 Å². The monoisotopic (exact) mass is 267 g/mol. The molecule has 0 radical (unpaired) electrons. The van der Waals surface area contributed by atoms with Crippen molar-refractivity contribution in [3.8, 4) is 5.75 Å². The van der Waals surface area contributed by atoms with Gasteiger partial charge in [0.2, 0.25) is 0 Å². The van der Waals surface area contributed by atoms with E-state index in [9.17, 15) is 9.59 Å². The van der Waals surface area contributed by atoms with Gasteiger partial charge in [0, 0.05) is 18.7 Å². The van der Waals surface area contributed by atoms with Crippen molar-refractivity contribution in [1.29, 1.82) is 0 Å². The average molecular weight is 267 g/mol. The lowest BCUT2D eigenvalue weighted by Crippen LogP contribution is -2.30. The SMILES string of the molecule is COc1ccccc1CNCC(CC(=O)O)C(=O)O. The molecule has 1 unspecified atom stereocenters. The van der Waals surface area contributed by atoms with Gasteiger partial charge in [0.25, 0.3) is 0 Å². The van der Waals surface area contributed by atoms with Crippen LogP contribution in [-0.4, -0.2) is 35.8 Å². The van der Waals surface area contributed by atoms with Crippen LogP contribution in [0.1, 0.15) is 12.0 Å². The lowest BCUT2D eigenvalue weighted by Gasteiger charge is -2.12. The van der Waals surface area contributed by atoms with E-state index in [4.69, 9.17) is 14.9 Å². The number of hydrogen-bond donors (Lipinski definition) is 3. The quantitative estimate of drug-likeness (QED) is 0.649. The third kappa shape index (κ3) is 4.97. The van der Waals surface area contributed by atoms with E-state index in [2.05, 4.69) is 5.32 Å². The normalized spacial score (nSPS) is 11.8. The zero-order valence-corrected chi connectivity index (χ0v) is 10.6. The van der Waals surface area contributed by atoms with E-state index in [1.54, 1.807) is 7.11 Å². The molecule has 3 N–H and O–H groups in total. The molecule has 0 saturated heterocycles. The summed E-state index contributed by atoms with van der Waals surface area (Å²) in [5.41, 5.74) is 0.893. The maximum absolute atomic E-state index is 10.9. The van der Waals surface area contributed by atoms with Crippen molar-refractivity contribution in [2.45, 2.75) is 13.0 Å². The maximum Gasteiger partial charge on any atom is 0.308 e. The summed E-state index contributed by atoms with van der Waals surface area (Å²) >= 11 is 0. The van der Waals surface area contributed by atoms with Gasteiger partial charge in [0.15, 0.2) is 0 Å². The first-order valence-electron chi connectivity index (χ1n) is 5.81. The molecule has 0 heterocycles. The van der Waals surface area contributed by atoms with Crippen molar-refractivity contribution in [3.63, 3.8) is 0 Å². The number of methoxy groups -OCH3 is 1. The number of aliphatic carboxylic acids is 2. The molecule has 0 aromatic heterocycles. The molecule has 6 heteroatoms. The molecule has 0 aliphatic carbocycles. The fraction of sp³-hybridized carbons (Fsp3) is 0.385. The number of benzene rings is 1. The van der Waals surface area contributed by atoms with E-state index < -0.39 is 24.3 Å². The molecule has 104 valence electrons. The highest BCUT2D eigenvalue weighted by Crippen LogP contribution is 2.16. The fourth-order valence-electron chi connectivity index (χ4n) is 1.69. The van der Waals surface area contributed by atoms with Gasteiger partial charge in [-0.3, -0.25) is 9.59 Å². The predicted molar refractivity (Wildman–Crippen MR) is 68.1 cm³/mol. The first-order valence-corrected chi connectivity index (χ1v) is 5.81. The number of hydrogen-bond acceptors (Lipinski definition) is 4. The molecule has 1 aromatic carbocycles. The highest BCUT2D eigenvalue weighted by atomic mass is 16.5. The van der Waals surface area contributed by atoms with Gasteiger partial charge in [-0.05, 0) is 6.07 Å². The summed E-state index contributed by atoms with van der Waals surface area (Å²) in [5, 5.41) is 20.5. The summed E-state index contributed by atoms with van der Waals surface area (Å²) in [7, 11) is 1.56. The number of carboxylic acid groups (broad SMARTS) is 2. The van der Waals surface area contributed by atoms with Crippen LogP contribution in [0.4, 0.5) is 0 Å². The first kappa shape index (κ1) is 15.0. The molecule has 6 nitrogen and oxygen atoms in total. The van der Waals surface area contributed by atoms with E-state index in [1.807, 2.05) is 24.3 Å². The summed E-state index contributed by atoms with van der Waals surface area (Å²) in [6, 6.07) is 7.36. The minimum absolute atomic E-state index is 0.0969. The van der Waals surface area contributed by atoms with Crippen molar-refractivity contribution >= 4 is 11.9 Å². The minimum atomic E-state index is -1.12. The number of nitrogens with one attached hydrogen (secondary N) is 1. The van der Waals surface area contributed by atoms with Crippen molar-refractivity contribution in [1.82, 2.24) is 5.32 Å². The molecule has 1 aromatic rings. The number of carboxylic acids is 2. The van der Waals surface area contributed by atoms with Gasteiger partial charge in [-0.2, -0.15) is 0 Å². The molecule has 1 atom stereocenters. The molecule has 0 aliphatic rings. The van der Waals surface area contributed by atoms with Crippen LogP contribution in [-0.2, 0) is 16.1 Å². The average Bonchev–Trinajstić information content (AvgIpc) is 2.37. The second kappa shape index (κ2) is 7.38. The highest BCUT2D eigenvalue weighted by Gasteiger charge is 2.20. The Labute approximate surface area is 111 Å². The first-order chi connectivity index (χ1) is 9.04. The fourth-order valence-corrected chi connectivity index (χ4v) is 1.69. The molecule has 0 spiro atoms. The minimum Gasteiger partial charge on any atom is -0.496 e. The van der Waals surface area contributed by atoms with E-state index >= 15 is 0 Å². The second-order valence-corrected chi connectivity index (χ2v) is 4.08. The molecule has 19 heavy (non-hydrogen) atoms. The molecule has 0 fully saturated rings. The van der Waals surface area contributed by atoms with Crippen molar-refractivity contribution in [3.05, 3.63) is 29.8 Å². The molecular formula is C13H17NO5. The molecule has 0 amide bonds. The Bertz CT molecular complexity index is 446. The van der Waals surface area contributed by atoms with E-state index in [0.29, 0.717) is 12.3 Å². The molecular weight excluding hydrogens is 250 g/mol. The van der Waals surface area contributed by atoms with Gasteiger partial charge in [-0.25, -0.2) is 0 Å². The van der Waals surface area contributed by atoms with Crippen LogP contribution < -0.4 is 10.1 Å². The molecule has 1 rings (SSSR count). The Morgan fingerprint density at radius 1 is 1.32 bits per heavy atom. The largest absolute Gasteiger partial charge is 0.496 e. The highest BCUT2D eigenvalue weighted by molar-refractivity contribution is 5.77. The smallest absolute Gasteiger partial charge is 0.308 e. The lowest BCUT2D eigenvalue weighted by atomic mass is 10.1. The Morgan fingerprint density at radius 2 is 2.00 bits per heavy atom. The number of carbonyl (C=O) groups is 2. The maximum atomic E-state index is 10.9. The van der Waals surface area contributed by atoms with Gasteiger partial charge in [0.05, 0.1) is 19.4 Å². The predicted octanol–water partition coefficient (Wildman–Crippen LogP) is 0.960. The van der Waals surface area contributed by atoms with Gasteiger partial charge < -0.3 is 20.3 Å². The van der Waals surface area contributed by atoms with Gasteiger partial charge in [0.1, 0.15) is 5.75 Å². The molecule has 0 saturated carbocycles. The Morgan fingerprint density at radius 3 is 2.58 bits per heavy atom. The Balaban J connectivity index is 2.52. The summed E-state index contributed by atoms with van der Waals surface area (Å²) in [6.45, 7) is 0.521. The zero-order valence-electron chi connectivity index (χ0n) is 10.6. The van der Waals surface area contributed by atoms with Crippen molar-refractivity contribution in [2.75, 3.05) is 13.7 Å². The van der Waals surface area contributed by atoms with Crippen molar-refractivity contribution in [2.24, 2.45) is 5.92 Å². The standard InChI is InChI=1S/C13H17NO5/c1-19-11-5-3-2-4-9(11)7-14-8-10(13(17)18)6-12(15)16/h2-5,10,14H,6-8H2,1H3,(H,15,16)(H,17,18). The lowest BCUT2D eigenvalue weighted by molar-refractivity contribution is -0.148. The zero-order chi connectivity index (χ0) is 14.3. The summed E-state index contributed by atoms with van der Waals surface area (Å²) in [5.74, 6) is -2.46. The van der Waals surface area contributed by atoms with Crippen LogP contribution >= 0.6 is 0 Å². The van der Waals surface area contributed by atoms with E-state index in [-0.39, 0.29) is 6.54 Å². The van der Waals surface area contributed by atoms with E-state index in [0.717, 1.165) is 5.56 Å². The summed E-state index contributed by atoms with van der Waals surface area (Å²) in [6.07, 6.45) is -0.395. The van der Waals surface area contributed by atoms with Crippen LogP contribution in [0.5, 0.6) is 5.75 Å².